The molecule has 0 bridgehead atoms. The predicted octanol–water partition coefficient (Wildman–Crippen LogP) is 2.88. The maximum absolute atomic E-state index is 12.3. The number of rotatable bonds is 5. The van der Waals surface area contributed by atoms with Crippen LogP contribution in [0.1, 0.15) is 28.4 Å². The molecule has 0 aliphatic heterocycles. The minimum atomic E-state index is -0.457. The third-order valence-corrected chi connectivity index (χ3v) is 3.65. The first-order valence-electron chi connectivity index (χ1n) is 6.63. The number of methoxy groups -OCH3 is 1. The van der Waals surface area contributed by atoms with Crippen molar-refractivity contribution in [2.45, 2.75) is 12.5 Å². The summed E-state index contributed by atoms with van der Waals surface area (Å²) >= 11 is 3.36. The Morgan fingerprint density at radius 1 is 1.18 bits per heavy atom. The molecule has 0 saturated carbocycles. The number of pyridine rings is 1. The average molecular weight is 363 g/mol. The van der Waals surface area contributed by atoms with Crippen LogP contribution < -0.4 is 5.32 Å². The molecule has 0 spiro atoms. The number of hydrogen-bond acceptors (Lipinski definition) is 4. The number of hydrogen-bond donors (Lipinski definition) is 1. The molecule has 114 valence electrons. The number of nitrogens with zero attached hydrogens (tertiary/aromatic N) is 1. The number of esters is 1. The molecule has 1 unspecified atom stereocenters. The maximum atomic E-state index is 12.3. The molecule has 1 atom stereocenters. The third-order valence-electron chi connectivity index (χ3n) is 3.12. The molecule has 1 N–H and O–H groups in total. The molecule has 0 saturated heterocycles. The molecule has 0 radical (unpaired) electrons. The number of carbonyl (C=O) groups is 2. The summed E-state index contributed by atoms with van der Waals surface area (Å²) in [7, 11) is 1.33. The van der Waals surface area contributed by atoms with Gasteiger partial charge in [-0.2, -0.15) is 0 Å². The summed E-state index contributed by atoms with van der Waals surface area (Å²) in [6, 6.07) is 10.2. The van der Waals surface area contributed by atoms with Crippen LogP contribution in [-0.2, 0) is 9.53 Å². The van der Waals surface area contributed by atoms with Gasteiger partial charge in [0.1, 0.15) is 0 Å². The Morgan fingerprint density at radius 3 is 2.41 bits per heavy atom. The molecule has 1 amide bonds. The van der Waals surface area contributed by atoms with Crippen molar-refractivity contribution in [3.05, 3.63) is 64.4 Å². The zero-order chi connectivity index (χ0) is 15.9. The van der Waals surface area contributed by atoms with Crippen molar-refractivity contribution >= 4 is 27.8 Å². The summed E-state index contributed by atoms with van der Waals surface area (Å²) in [6.45, 7) is 0. The monoisotopic (exact) mass is 362 g/mol. The molecule has 5 nitrogen and oxygen atoms in total. The van der Waals surface area contributed by atoms with Gasteiger partial charge in [0.05, 0.1) is 19.6 Å². The van der Waals surface area contributed by atoms with Crippen molar-refractivity contribution in [3.8, 4) is 0 Å². The molecule has 1 heterocycles. The molecule has 0 fully saturated rings. The van der Waals surface area contributed by atoms with E-state index in [1.807, 2.05) is 24.3 Å². The van der Waals surface area contributed by atoms with Gasteiger partial charge < -0.3 is 10.1 Å². The van der Waals surface area contributed by atoms with Crippen LogP contribution in [-0.4, -0.2) is 24.0 Å². The summed E-state index contributed by atoms with van der Waals surface area (Å²) in [5.74, 6) is -0.651. The Balaban J connectivity index is 2.19. The van der Waals surface area contributed by atoms with E-state index in [2.05, 4.69) is 26.2 Å². The topological polar surface area (TPSA) is 68.3 Å². The zero-order valence-electron chi connectivity index (χ0n) is 12.0. The molecule has 1 aromatic carbocycles. The van der Waals surface area contributed by atoms with Crippen LogP contribution in [0.25, 0.3) is 0 Å². The lowest BCUT2D eigenvalue weighted by Gasteiger charge is -2.18. The van der Waals surface area contributed by atoms with Crippen molar-refractivity contribution in [3.63, 3.8) is 0 Å². The van der Waals surface area contributed by atoms with Crippen molar-refractivity contribution < 1.29 is 14.3 Å². The number of amides is 1. The van der Waals surface area contributed by atoms with E-state index in [1.54, 1.807) is 24.5 Å². The largest absolute Gasteiger partial charge is 0.469 e. The van der Waals surface area contributed by atoms with E-state index in [0.717, 1.165) is 10.0 Å². The van der Waals surface area contributed by atoms with Gasteiger partial charge in [0, 0.05) is 22.4 Å². The van der Waals surface area contributed by atoms with Crippen molar-refractivity contribution in [1.29, 1.82) is 0 Å². The summed E-state index contributed by atoms with van der Waals surface area (Å²) in [6.07, 6.45) is 3.16. The second kappa shape index (κ2) is 7.70. The van der Waals surface area contributed by atoms with Gasteiger partial charge in [-0.1, -0.05) is 28.1 Å². The van der Waals surface area contributed by atoms with Crippen molar-refractivity contribution in [1.82, 2.24) is 10.3 Å². The highest BCUT2D eigenvalue weighted by atomic mass is 79.9. The average Bonchev–Trinajstić information content (AvgIpc) is 2.55. The van der Waals surface area contributed by atoms with E-state index >= 15 is 0 Å². The predicted molar refractivity (Wildman–Crippen MR) is 85.2 cm³/mol. The highest BCUT2D eigenvalue weighted by molar-refractivity contribution is 9.10. The minimum absolute atomic E-state index is 0.0644. The highest BCUT2D eigenvalue weighted by Gasteiger charge is 2.19. The Morgan fingerprint density at radius 2 is 1.82 bits per heavy atom. The number of carbonyl (C=O) groups excluding carboxylic acids is 2. The fraction of sp³-hybridized carbons (Fsp3) is 0.188. The van der Waals surface area contributed by atoms with Crippen LogP contribution >= 0.6 is 15.9 Å². The molecular formula is C16H15BrN2O3. The first kappa shape index (κ1) is 16.2. The highest BCUT2D eigenvalue weighted by Crippen LogP contribution is 2.20. The smallest absolute Gasteiger partial charge is 0.307 e. The zero-order valence-corrected chi connectivity index (χ0v) is 13.5. The molecule has 2 aromatic rings. The lowest BCUT2D eigenvalue weighted by molar-refractivity contribution is -0.141. The maximum Gasteiger partial charge on any atom is 0.307 e. The van der Waals surface area contributed by atoms with Gasteiger partial charge in [-0.3, -0.25) is 14.6 Å². The van der Waals surface area contributed by atoms with E-state index in [0.29, 0.717) is 5.56 Å². The lowest BCUT2D eigenvalue weighted by Crippen LogP contribution is -2.30. The fourth-order valence-electron chi connectivity index (χ4n) is 1.94. The van der Waals surface area contributed by atoms with Crippen LogP contribution in [0.3, 0.4) is 0 Å². The van der Waals surface area contributed by atoms with Gasteiger partial charge in [-0.15, -0.1) is 0 Å². The second-order valence-electron chi connectivity index (χ2n) is 4.59. The number of nitrogens with one attached hydrogen (secondary N) is 1. The second-order valence-corrected chi connectivity index (χ2v) is 5.51. The van der Waals surface area contributed by atoms with E-state index in [1.165, 1.54) is 7.11 Å². The van der Waals surface area contributed by atoms with Gasteiger partial charge in [-0.05, 0) is 29.8 Å². The van der Waals surface area contributed by atoms with Crippen LogP contribution in [0.4, 0.5) is 0 Å². The summed E-state index contributed by atoms with van der Waals surface area (Å²) in [5.41, 5.74) is 1.32. The van der Waals surface area contributed by atoms with E-state index in [-0.39, 0.29) is 18.3 Å². The third kappa shape index (κ3) is 4.39. The van der Waals surface area contributed by atoms with Gasteiger partial charge in [0.15, 0.2) is 0 Å². The Labute approximate surface area is 136 Å². The molecule has 1 aromatic heterocycles. The lowest BCUT2D eigenvalue weighted by atomic mass is 10.0. The van der Waals surface area contributed by atoms with Crippen molar-refractivity contribution in [2.24, 2.45) is 0 Å². The first-order chi connectivity index (χ1) is 10.6. The Bertz CT molecular complexity index is 644. The fourth-order valence-corrected chi connectivity index (χ4v) is 2.21. The van der Waals surface area contributed by atoms with Crippen LogP contribution in [0.5, 0.6) is 0 Å². The van der Waals surface area contributed by atoms with Crippen LogP contribution in [0, 0.1) is 0 Å². The molecule has 22 heavy (non-hydrogen) atoms. The van der Waals surface area contributed by atoms with E-state index in [4.69, 9.17) is 4.74 Å². The summed E-state index contributed by atoms with van der Waals surface area (Å²) < 4.78 is 5.63. The van der Waals surface area contributed by atoms with Crippen LogP contribution in [0.15, 0.2) is 53.3 Å². The van der Waals surface area contributed by atoms with Gasteiger partial charge in [0.2, 0.25) is 0 Å². The molecule has 0 aliphatic rings. The molecule has 0 aliphatic carbocycles. The van der Waals surface area contributed by atoms with E-state index in [9.17, 15) is 9.59 Å². The quantitative estimate of drug-likeness (QED) is 0.830. The number of benzene rings is 1. The van der Waals surface area contributed by atoms with E-state index < -0.39 is 6.04 Å². The Hall–Kier alpha value is -2.21. The SMILES string of the molecule is COC(=O)CC(NC(=O)c1ccncc1)c1ccc(Br)cc1. The normalized spacial score (nSPS) is 11.5. The molecule has 6 heteroatoms. The standard InChI is InChI=1S/C16H15BrN2O3/c1-22-15(20)10-14(11-2-4-13(17)5-3-11)19-16(21)12-6-8-18-9-7-12/h2-9,14H,10H2,1H3,(H,19,21). The molecule has 2 rings (SSSR count). The molecular weight excluding hydrogens is 348 g/mol. The van der Waals surface area contributed by atoms with Crippen molar-refractivity contribution in [2.75, 3.05) is 7.11 Å². The van der Waals surface area contributed by atoms with Gasteiger partial charge >= 0.3 is 5.97 Å². The first-order valence-corrected chi connectivity index (χ1v) is 7.42. The van der Waals surface area contributed by atoms with Gasteiger partial charge in [0.25, 0.3) is 5.91 Å². The number of aromatic nitrogens is 1. The van der Waals surface area contributed by atoms with Crippen LogP contribution in [0.2, 0.25) is 0 Å². The minimum Gasteiger partial charge on any atom is -0.469 e. The van der Waals surface area contributed by atoms with Gasteiger partial charge in [-0.25, -0.2) is 0 Å². The number of ether oxygens (including phenoxy) is 1. The number of halogens is 1. The summed E-state index contributed by atoms with van der Waals surface area (Å²) in [5, 5.41) is 2.85. The Kier molecular flexibility index (Phi) is 5.66. The summed E-state index contributed by atoms with van der Waals surface area (Å²) in [4.78, 5) is 27.7.